The second-order valence-electron chi connectivity index (χ2n) is 5.97. The van der Waals surface area contributed by atoms with Gasteiger partial charge in [0.05, 0.1) is 18.2 Å². The van der Waals surface area contributed by atoms with Gasteiger partial charge >= 0.3 is 0 Å². The van der Waals surface area contributed by atoms with Crippen molar-refractivity contribution in [1.82, 2.24) is 0 Å². The zero-order valence-electron chi connectivity index (χ0n) is 13.2. The molecule has 0 N–H and O–H groups in total. The van der Waals surface area contributed by atoms with Crippen LogP contribution in [-0.4, -0.2) is 0 Å². The van der Waals surface area contributed by atoms with Crippen molar-refractivity contribution in [3.05, 3.63) is 106 Å². The number of nitriles is 1. The first-order chi connectivity index (χ1) is 12.1. The van der Waals surface area contributed by atoms with Gasteiger partial charge in [-0.25, -0.2) is 8.78 Å². The molecular formula is C21H13F2NO. The van der Waals surface area contributed by atoms with Crippen LogP contribution < -0.4 is 0 Å². The van der Waals surface area contributed by atoms with Crippen LogP contribution in [0.15, 0.2) is 66.7 Å². The summed E-state index contributed by atoms with van der Waals surface area (Å²) in [4.78, 5) is 0. The van der Waals surface area contributed by atoms with Crippen LogP contribution in [0.2, 0.25) is 0 Å². The fourth-order valence-corrected chi connectivity index (χ4v) is 3.40. The van der Waals surface area contributed by atoms with Gasteiger partial charge in [-0.3, -0.25) is 0 Å². The van der Waals surface area contributed by atoms with E-state index in [9.17, 15) is 8.78 Å². The Morgan fingerprint density at radius 3 is 1.92 bits per heavy atom. The first-order valence-electron chi connectivity index (χ1n) is 7.83. The van der Waals surface area contributed by atoms with Crippen LogP contribution in [0.1, 0.15) is 27.8 Å². The van der Waals surface area contributed by atoms with Crippen LogP contribution in [0.5, 0.6) is 0 Å². The van der Waals surface area contributed by atoms with E-state index in [4.69, 9.17) is 10.00 Å². The second kappa shape index (κ2) is 5.80. The molecule has 0 fully saturated rings. The summed E-state index contributed by atoms with van der Waals surface area (Å²) in [6.07, 6.45) is 0. The highest BCUT2D eigenvalue weighted by Crippen LogP contribution is 2.47. The summed E-state index contributed by atoms with van der Waals surface area (Å²) in [7, 11) is 0. The Morgan fingerprint density at radius 1 is 0.840 bits per heavy atom. The van der Waals surface area contributed by atoms with Gasteiger partial charge in [0.2, 0.25) is 0 Å². The van der Waals surface area contributed by atoms with Gasteiger partial charge in [-0.1, -0.05) is 30.3 Å². The van der Waals surface area contributed by atoms with Crippen LogP contribution in [0, 0.1) is 23.0 Å². The number of ether oxygens (including phenoxy) is 1. The molecule has 3 aromatic carbocycles. The molecule has 1 aliphatic rings. The quantitative estimate of drug-likeness (QED) is 0.683. The molecule has 1 aliphatic heterocycles. The standard InChI is InChI=1S/C21H13F2NO/c22-18-6-2-16(3-7-18)21(17-4-8-19(23)9-5-17)20-10-1-14(12-24)11-15(20)13-25-21/h1-11H,13H2. The third-order valence-corrected chi connectivity index (χ3v) is 4.56. The average Bonchev–Trinajstić information content (AvgIpc) is 3.02. The van der Waals surface area contributed by atoms with Crippen molar-refractivity contribution in [2.75, 3.05) is 0 Å². The minimum absolute atomic E-state index is 0.319. The lowest BCUT2D eigenvalue weighted by molar-refractivity contribution is 0.0267. The highest BCUT2D eigenvalue weighted by Gasteiger charge is 2.43. The van der Waals surface area contributed by atoms with Crippen LogP contribution in [0.3, 0.4) is 0 Å². The zero-order chi connectivity index (χ0) is 17.4. The van der Waals surface area contributed by atoms with Gasteiger partial charge in [-0.05, 0) is 58.7 Å². The minimum atomic E-state index is -0.954. The van der Waals surface area contributed by atoms with Gasteiger partial charge in [-0.2, -0.15) is 5.26 Å². The van der Waals surface area contributed by atoms with Crippen LogP contribution in [-0.2, 0) is 16.9 Å². The molecule has 4 rings (SSSR count). The largest absolute Gasteiger partial charge is 0.356 e. The molecule has 0 saturated carbocycles. The number of rotatable bonds is 2. The Bertz CT molecular complexity index is 927. The number of hydrogen-bond acceptors (Lipinski definition) is 2. The molecule has 0 unspecified atom stereocenters. The molecule has 0 bridgehead atoms. The molecule has 25 heavy (non-hydrogen) atoms. The number of benzene rings is 3. The normalized spacial score (nSPS) is 14.8. The lowest BCUT2D eigenvalue weighted by atomic mass is 9.79. The summed E-state index contributed by atoms with van der Waals surface area (Å²) in [5, 5.41) is 9.12. The maximum atomic E-state index is 13.4. The molecule has 0 aliphatic carbocycles. The van der Waals surface area contributed by atoms with Gasteiger partial charge in [0.25, 0.3) is 0 Å². The van der Waals surface area contributed by atoms with Crippen molar-refractivity contribution in [1.29, 1.82) is 5.26 Å². The number of halogens is 2. The lowest BCUT2D eigenvalue weighted by Gasteiger charge is -2.31. The highest BCUT2D eigenvalue weighted by atomic mass is 19.1. The minimum Gasteiger partial charge on any atom is -0.356 e. The van der Waals surface area contributed by atoms with Crippen molar-refractivity contribution in [3.8, 4) is 6.07 Å². The third kappa shape index (κ3) is 2.41. The SMILES string of the molecule is N#Cc1ccc2c(c1)COC2(c1ccc(F)cc1)c1ccc(F)cc1. The van der Waals surface area contributed by atoms with E-state index in [2.05, 4.69) is 6.07 Å². The van der Waals surface area contributed by atoms with Crippen LogP contribution >= 0.6 is 0 Å². The molecule has 2 nitrogen and oxygen atoms in total. The Labute approximate surface area is 143 Å². The Hall–Kier alpha value is -3.03. The van der Waals surface area contributed by atoms with Crippen molar-refractivity contribution in [2.24, 2.45) is 0 Å². The Morgan fingerprint density at radius 2 is 1.40 bits per heavy atom. The summed E-state index contributed by atoms with van der Waals surface area (Å²) in [6, 6.07) is 19.7. The van der Waals surface area contributed by atoms with Crippen LogP contribution in [0.4, 0.5) is 8.78 Å². The summed E-state index contributed by atoms with van der Waals surface area (Å²) in [6.45, 7) is 0.319. The second-order valence-corrected chi connectivity index (χ2v) is 5.97. The summed E-state index contributed by atoms with van der Waals surface area (Å²) in [5.41, 5.74) is 2.88. The van der Waals surface area contributed by atoms with E-state index in [1.807, 2.05) is 6.07 Å². The molecule has 0 radical (unpaired) electrons. The van der Waals surface area contributed by atoms with Gasteiger partial charge in [0, 0.05) is 0 Å². The van der Waals surface area contributed by atoms with Gasteiger partial charge in [0.15, 0.2) is 0 Å². The van der Waals surface area contributed by atoms with E-state index in [0.29, 0.717) is 12.2 Å². The van der Waals surface area contributed by atoms with E-state index in [0.717, 1.165) is 22.3 Å². The molecule has 0 saturated heterocycles. The monoisotopic (exact) mass is 333 g/mol. The number of hydrogen-bond donors (Lipinski definition) is 0. The fourth-order valence-electron chi connectivity index (χ4n) is 3.40. The van der Waals surface area contributed by atoms with Crippen molar-refractivity contribution < 1.29 is 13.5 Å². The topological polar surface area (TPSA) is 33.0 Å². The average molecular weight is 333 g/mol. The molecule has 0 atom stereocenters. The maximum Gasteiger partial charge on any atom is 0.144 e. The summed E-state index contributed by atoms with van der Waals surface area (Å²) >= 11 is 0. The first-order valence-corrected chi connectivity index (χ1v) is 7.83. The van der Waals surface area contributed by atoms with Gasteiger partial charge in [-0.15, -0.1) is 0 Å². The number of nitrogens with zero attached hydrogens (tertiary/aromatic N) is 1. The van der Waals surface area contributed by atoms with E-state index < -0.39 is 5.60 Å². The Kier molecular flexibility index (Phi) is 3.60. The summed E-state index contributed by atoms with van der Waals surface area (Å²) in [5.74, 6) is -0.674. The molecule has 0 aromatic heterocycles. The molecule has 3 aromatic rings. The van der Waals surface area contributed by atoms with E-state index in [1.54, 1.807) is 36.4 Å². The van der Waals surface area contributed by atoms with E-state index in [1.165, 1.54) is 24.3 Å². The molecule has 1 heterocycles. The highest BCUT2D eigenvalue weighted by molar-refractivity contribution is 5.54. The van der Waals surface area contributed by atoms with Crippen LogP contribution in [0.25, 0.3) is 0 Å². The molecular weight excluding hydrogens is 320 g/mol. The molecule has 0 spiro atoms. The zero-order valence-corrected chi connectivity index (χ0v) is 13.2. The fraction of sp³-hybridized carbons (Fsp3) is 0.0952. The van der Waals surface area contributed by atoms with Crippen molar-refractivity contribution in [2.45, 2.75) is 12.2 Å². The number of fused-ring (bicyclic) bond motifs is 1. The van der Waals surface area contributed by atoms with Gasteiger partial charge < -0.3 is 4.74 Å². The maximum absolute atomic E-state index is 13.4. The van der Waals surface area contributed by atoms with Gasteiger partial charge in [0.1, 0.15) is 17.2 Å². The Balaban J connectivity index is 1.98. The summed E-state index contributed by atoms with van der Waals surface area (Å²) < 4.78 is 33.1. The van der Waals surface area contributed by atoms with E-state index in [-0.39, 0.29) is 11.6 Å². The molecule has 4 heteroatoms. The van der Waals surface area contributed by atoms with Crippen molar-refractivity contribution in [3.63, 3.8) is 0 Å². The molecule has 122 valence electrons. The first kappa shape index (κ1) is 15.5. The third-order valence-electron chi connectivity index (χ3n) is 4.56. The lowest BCUT2D eigenvalue weighted by Crippen LogP contribution is -2.28. The van der Waals surface area contributed by atoms with Crippen molar-refractivity contribution >= 4 is 0 Å². The van der Waals surface area contributed by atoms with E-state index >= 15 is 0 Å². The predicted octanol–water partition coefficient (Wildman–Crippen LogP) is 4.66. The predicted molar refractivity (Wildman–Crippen MR) is 88.6 cm³/mol. The molecule has 0 amide bonds. The smallest absolute Gasteiger partial charge is 0.144 e.